The SMILES string of the molecule is CCOCc1nc(=O)c(Cc2ccc(-c3ccc(F)nc3)cc2)c(O)n1C(COC)c1cc(F)cc(F)c1. The minimum Gasteiger partial charge on any atom is -0.494 e. The van der Waals surface area contributed by atoms with E-state index in [4.69, 9.17) is 9.47 Å². The van der Waals surface area contributed by atoms with Gasteiger partial charge in [0.05, 0.1) is 18.2 Å². The molecule has 1 N–H and O–H groups in total. The van der Waals surface area contributed by atoms with Crippen LogP contribution in [0.5, 0.6) is 5.88 Å². The van der Waals surface area contributed by atoms with Gasteiger partial charge in [0.25, 0.3) is 5.56 Å². The van der Waals surface area contributed by atoms with Crippen LogP contribution in [0.2, 0.25) is 0 Å². The van der Waals surface area contributed by atoms with Crippen LogP contribution < -0.4 is 5.56 Å². The second-order valence-electron chi connectivity index (χ2n) is 8.56. The first-order valence-electron chi connectivity index (χ1n) is 11.9. The normalized spacial score (nSPS) is 12.0. The number of rotatable bonds is 10. The van der Waals surface area contributed by atoms with Crippen LogP contribution in [0.3, 0.4) is 0 Å². The maximum Gasteiger partial charge on any atom is 0.280 e. The quantitative estimate of drug-likeness (QED) is 0.300. The van der Waals surface area contributed by atoms with Gasteiger partial charge >= 0.3 is 0 Å². The molecule has 0 aliphatic carbocycles. The topological polar surface area (TPSA) is 86.5 Å². The summed E-state index contributed by atoms with van der Waals surface area (Å²) in [6, 6.07) is 12.1. The van der Waals surface area contributed by atoms with Gasteiger partial charge in [-0.2, -0.15) is 9.37 Å². The van der Waals surface area contributed by atoms with Gasteiger partial charge in [-0.1, -0.05) is 24.3 Å². The van der Waals surface area contributed by atoms with Crippen molar-refractivity contribution in [2.75, 3.05) is 20.3 Å². The number of aromatic nitrogens is 3. The molecule has 0 fully saturated rings. The predicted octanol–water partition coefficient (Wildman–Crippen LogP) is 4.79. The second-order valence-corrected chi connectivity index (χ2v) is 8.56. The molecule has 7 nitrogen and oxygen atoms in total. The van der Waals surface area contributed by atoms with Crippen molar-refractivity contribution in [3.63, 3.8) is 0 Å². The molecule has 0 spiro atoms. The number of ether oxygens (including phenoxy) is 2. The van der Waals surface area contributed by atoms with Crippen molar-refractivity contribution in [2.24, 2.45) is 0 Å². The van der Waals surface area contributed by atoms with E-state index in [9.17, 15) is 23.1 Å². The Labute approximate surface area is 217 Å². The molecule has 0 radical (unpaired) electrons. The van der Waals surface area contributed by atoms with Crippen LogP contribution in [0.1, 0.15) is 35.5 Å². The Morgan fingerprint density at radius 2 is 1.68 bits per heavy atom. The summed E-state index contributed by atoms with van der Waals surface area (Å²) in [5.74, 6) is -2.48. The Bertz CT molecular complexity index is 1440. The number of nitrogens with zero attached hydrogens (tertiary/aromatic N) is 3. The molecule has 1 atom stereocenters. The third kappa shape index (κ3) is 6.09. The molecule has 2 heterocycles. The van der Waals surface area contributed by atoms with Gasteiger partial charge < -0.3 is 14.6 Å². The molecule has 0 saturated heterocycles. The second kappa shape index (κ2) is 12.0. The van der Waals surface area contributed by atoms with Crippen molar-refractivity contribution >= 4 is 0 Å². The van der Waals surface area contributed by atoms with Crippen LogP contribution in [0.15, 0.2) is 65.6 Å². The molecule has 38 heavy (non-hydrogen) atoms. The van der Waals surface area contributed by atoms with E-state index in [-0.39, 0.29) is 36.6 Å². The molecule has 0 amide bonds. The van der Waals surface area contributed by atoms with Crippen LogP contribution >= 0.6 is 0 Å². The fourth-order valence-corrected chi connectivity index (χ4v) is 4.19. The van der Waals surface area contributed by atoms with Gasteiger partial charge in [0.1, 0.15) is 24.1 Å². The lowest BCUT2D eigenvalue weighted by Gasteiger charge is -2.25. The Hall–Kier alpha value is -4.02. The Kier molecular flexibility index (Phi) is 8.55. The van der Waals surface area contributed by atoms with Crippen LogP contribution in [0, 0.1) is 17.6 Å². The van der Waals surface area contributed by atoms with Crippen molar-refractivity contribution in [3.8, 4) is 17.0 Å². The highest BCUT2D eigenvalue weighted by atomic mass is 19.1. The molecule has 0 bridgehead atoms. The van der Waals surface area contributed by atoms with Gasteiger partial charge in [-0.3, -0.25) is 9.36 Å². The van der Waals surface area contributed by atoms with Crippen molar-refractivity contribution in [1.82, 2.24) is 14.5 Å². The van der Waals surface area contributed by atoms with Crippen LogP contribution in [-0.2, 0) is 22.5 Å². The van der Waals surface area contributed by atoms with E-state index in [1.54, 1.807) is 37.3 Å². The highest BCUT2D eigenvalue weighted by Crippen LogP contribution is 2.30. The molecule has 2 aromatic heterocycles. The molecule has 0 saturated carbocycles. The maximum absolute atomic E-state index is 14.1. The Morgan fingerprint density at radius 3 is 2.29 bits per heavy atom. The highest BCUT2D eigenvalue weighted by molar-refractivity contribution is 5.62. The summed E-state index contributed by atoms with van der Waals surface area (Å²) in [6.07, 6.45) is 1.45. The van der Waals surface area contributed by atoms with Crippen molar-refractivity contribution in [2.45, 2.75) is 26.0 Å². The van der Waals surface area contributed by atoms with E-state index >= 15 is 0 Å². The summed E-state index contributed by atoms with van der Waals surface area (Å²) >= 11 is 0. The molecule has 198 valence electrons. The molecule has 0 aliphatic rings. The minimum atomic E-state index is -0.902. The zero-order valence-electron chi connectivity index (χ0n) is 20.8. The standard InChI is InChI=1S/C28H26F3N3O4/c1-3-38-16-26-33-27(35)23(10-17-4-6-18(7-5-17)19-8-9-25(31)32-14-19)28(36)34(26)24(15-37-2)20-11-21(29)13-22(30)12-20/h4-9,11-14,24,36H,3,10,15-16H2,1-2H3. The maximum atomic E-state index is 14.1. The number of pyridine rings is 1. The minimum absolute atomic E-state index is 0.000532. The van der Waals surface area contributed by atoms with Crippen LogP contribution in [0.4, 0.5) is 13.2 Å². The molecule has 4 aromatic rings. The lowest BCUT2D eigenvalue weighted by Crippen LogP contribution is -2.28. The number of aromatic hydroxyl groups is 1. The van der Waals surface area contributed by atoms with Gasteiger partial charge in [-0.05, 0) is 47.9 Å². The molecular formula is C28H26F3N3O4. The molecular weight excluding hydrogens is 499 g/mol. The van der Waals surface area contributed by atoms with E-state index in [1.807, 2.05) is 0 Å². The predicted molar refractivity (Wildman–Crippen MR) is 134 cm³/mol. The Morgan fingerprint density at radius 1 is 1.00 bits per heavy atom. The third-order valence-corrected chi connectivity index (χ3v) is 6.00. The average molecular weight is 526 g/mol. The molecule has 2 aromatic carbocycles. The van der Waals surface area contributed by atoms with E-state index in [0.717, 1.165) is 29.3 Å². The smallest absolute Gasteiger partial charge is 0.280 e. The zero-order chi connectivity index (χ0) is 27.2. The zero-order valence-corrected chi connectivity index (χ0v) is 20.8. The van der Waals surface area contributed by atoms with Gasteiger partial charge in [0, 0.05) is 38.0 Å². The summed E-state index contributed by atoms with van der Waals surface area (Å²) in [4.78, 5) is 20.8. The molecule has 4 rings (SSSR count). The van der Waals surface area contributed by atoms with E-state index in [1.165, 1.54) is 23.9 Å². The van der Waals surface area contributed by atoms with E-state index < -0.39 is 35.1 Å². The van der Waals surface area contributed by atoms with Crippen LogP contribution in [-0.4, -0.2) is 40.0 Å². The summed E-state index contributed by atoms with van der Waals surface area (Å²) in [5.41, 5.74) is 1.74. The first-order valence-corrected chi connectivity index (χ1v) is 11.9. The van der Waals surface area contributed by atoms with Gasteiger partial charge in [-0.25, -0.2) is 13.8 Å². The Balaban J connectivity index is 1.76. The first kappa shape index (κ1) is 27.0. The molecule has 0 aliphatic heterocycles. The number of methoxy groups -OCH3 is 1. The summed E-state index contributed by atoms with van der Waals surface area (Å²) in [5, 5.41) is 11.3. The molecule has 1 unspecified atom stereocenters. The van der Waals surface area contributed by atoms with Crippen molar-refractivity contribution < 1.29 is 27.8 Å². The van der Waals surface area contributed by atoms with Crippen molar-refractivity contribution in [1.29, 1.82) is 0 Å². The summed E-state index contributed by atoms with van der Waals surface area (Å²) in [7, 11) is 1.41. The monoisotopic (exact) mass is 525 g/mol. The number of benzene rings is 2. The van der Waals surface area contributed by atoms with E-state index in [0.29, 0.717) is 12.2 Å². The van der Waals surface area contributed by atoms with Gasteiger partial charge in [-0.15, -0.1) is 0 Å². The van der Waals surface area contributed by atoms with Crippen LogP contribution in [0.25, 0.3) is 11.1 Å². The van der Waals surface area contributed by atoms with E-state index in [2.05, 4.69) is 9.97 Å². The summed E-state index contributed by atoms with van der Waals surface area (Å²) < 4.78 is 53.4. The number of hydrogen-bond acceptors (Lipinski definition) is 6. The van der Waals surface area contributed by atoms with Crippen molar-refractivity contribution in [3.05, 3.63) is 111 Å². The van der Waals surface area contributed by atoms with Gasteiger partial charge in [0.2, 0.25) is 11.8 Å². The fourth-order valence-electron chi connectivity index (χ4n) is 4.19. The average Bonchev–Trinajstić information content (AvgIpc) is 2.89. The molecule has 10 heteroatoms. The highest BCUT2D eigenvalue weighted by Gasteiger charge is 2.25. The fraction of sp³-hybridized carbons (Fsp3) is 0.250. The lowest BCUT2D eigenvalue weighted by molar-refractivity contribution is 0.115. The summed E-state index contributed by atoms with van der Waals surface area (Å²) in [6.45, 7) is 1.90. The lowest BCUT2D eigenvalue weighted by atomic mass is 10.0. The number of halogens is 3. The largest absolute Gasteiger partial charge is 0.494 e. The number of hydrogen-bond donors (Lipinski definition) is 1. The first-order chi connectivity index (χ1) is 18.3. The third-order valence-electron chi connectivity index (χ3n) is 6.00. The van der Waals surface area contributed by atoms with Gasteiger partial charge in [0.15, 0.2) is 0 Å².